The van der Waals surface area contributed by atoms with Gasteiger partial charge in [0, 0.05) is 18.8 Å². The summed E-state index contributed by atoms with van der Waals surface area (Å²) < 4.78 is 13.3. The molecule has 114 valence electrons. The van der Waals surface area contributed by atoms with E-state index in [0.717, 1.165) is 35.2 Å². The summed E-state index contributed by atoms with van der Waals surface area (Å²) in [5, 5.41) is 11.1. The van der Waals surface area contributed by atoms with E-state index in [4.69, 9.17) is 0 Å². The van der Waals surface area contributed by atoms with E-state index < -0.39 is 40.2 Å². The van der Waals surface area contributed by atoms with Gasteiger partial charge < -0.3 is 14.2 Å². The minimum absolute atomic E-state index is 0.770. The minimum Gasteiger partial charge on any atom is -0.469 e. The molecule has 0 aliphatic carbocycles. The molecule has 0 saturated heterocycles. The summed E-state index contributed by atoms with van der Waals surface area (Å²) in [6.07, 6.45) is 0. The Hall–Kier alpha value is -2.19. The molecule has 1 unspecified atom stereocenters. The van der Waals surface area contributed by atoms with Gasteiger partial charge in [-0.25, -0.2) is 0 Å². The van der Waals surface area contributed by atoms with Crippen LogP contribution in [0.4, 0.5) is 0 Å². The molecule has 0 spiro atoms. The monoisotopic (exact) mass is 291 g/mol. The van der Waals surface area contributed by atoms with Crippen LogP contribution in [-0.2, 0) is 28.6 Å². The molecule has 0 aromatic rings. The summed E-state index contributed by atoms with van der Waals surface area (Å²) in [7, 11) is 2.98. The lowest BCUT2D eigenvalue weighted by Gasteiger charge is -2.28. The molecule has 0 N–H and O–H groups in total. The van der Waals surface area contributed by atoms with Gasteiger partial charge in [-0.05, 0) is 0 Å². The van der Waals surface area contributed by atoms with E-state index >= 15 is 0 Å². The van der Waals surface area contributed by atoms with Gasteiger partial charge in [-0.15, -0.1) is 0 Å². The molecule has 0 rings (SSSR count). The van der Waals surface area contributed by atoms with Crippen LogP contribution in [0, 0.1) is 22.0 Å². The number of nitrogens with zero attached hydrogens (tertiary/aromatic N) is 1. The van der Waals surface area contributed by atoms with Crippen molar-refractivity contribution in [2.45, 2.75) is 19.4 Å². The number of esters is 3. The highest BCUT2D eigenvalue weighted by atomic mass is 16.6. The minimum atomic E-state index is -1.93. The van der Waals surface area contributed by atoms with Crippen LogP contribution in [0.3, 0.4) is 0 Å². The van der Waals surface area contributed by atoms with Crippen molar-refractivity contribution < 1.29 is 33.5 Å². The summed E-state index contributed by atoms with van der Waals surface area (Å²) in [5.41, 5.74) is -1.93. The smallest absolute Gasteiger partial charge is 0.321 e. The molecular formula is C11H17NO8. The van der Waals surface area contributed by atoms with Crippen molar-refractivity contribution in [2.24, 2.45) is 11.8 Å². The molecule has 0 amide bonds. The van der Waals surface area contributed by atoms with Crippen molar-refractivity contribution >= 4 is 17.9 Å². The van der Waals surface area contributed by atoms with Crippen LogP contribution in [0.1, 0.15) is 13.8 Å². The van der Waals surface area contributed by atoms with Gasteiger partial charge in [0.25, 0.3) is 0 Å². The molecular weight excluding hydrogens is 274 g/mol. The molecule has 0 aliphatic heterocycles. The zero-order chi connectivity index (χ0) is 16.1. The zero-order valence-electron chi connectivity index (χ0n) is 11.9. The highest BCUT2D eigenvalue weighted by molar-refractivity contribution is 5.99. The van der Waals surface area contributed by atoms with Crippen molar-refractivity contribution in [3.63, 3.8) is 0 Å². The van der Waals surface area contributed by atoms with Gasteiger partial charge in [0.2, 0.25) is 5.54 Å². The first-order chi connectivity index (χ1) is 9.14. The predicted octanol–water partition coefficient (Wildman–Crippen LogP) is -0.207. The van der Waals surface area contributed by atoms with Gasteiger partial charge in [-0.1, -0.05) is 0 Å². The first kappa shape index (κ1) is 17.8. The lowest BCUT2D eigenvalue weighted by atomic mass is 9.78. The van der Waals surface area contributed by atoms with Crippen molar-refractivity contribution in [1.82, 2.24) is 0 Å². The van der Waals surface area contributed by atoms with Gasteiger partial charge in [0.15, 0.2) is 11.8 Å². The average Bonchev–Trinajstić information content (AvgIpc) is 2.41. The lowest BCUT2D eigenvalue weighted by Crippen LogP contribution is -2.52. The zero-order valence-corrected chi connectivity index (χ0v) is 11.9. The van der Waals surface area contributed by atoms with E-state index in [1.165, 1.54) is 0 Å². The summed E-state index contributed by atoms with van der Waals surface area (Å²) in [4.78, 5) is 45.5. The molecule has 0 saturated carbocycles. The van der Waals surface area contributed by atoms with Gasteiger partial charge in [0.1, 0.15) is 0 Å². The highest BCUT2D eigenvalue weighted by Gasteiger charge is 2.56. The maximum absolute atomic E-state index is 11.8. The van der Waals surface area contributed by atoms with E-state index in [-0.39, 0.29) is 0 Å². The number of ether oxygens (including phenoxy) is 3. The number of carbonyl (C=O) groups is 3. The van der Waals surface area contributed by atoms with Crippen molar-refractivity contribution in [1.29, 1.82) is 0 Å². The van der Waals surface area contributed by atoms with Crippen LogP contribution in [0.25, 0.3) is 0 Å². The maximum atomic E-state index is 11.8. The van der Waals surface area contributed by atoms with Crippen molar-refractivity contribution in [3.8, 4) is 0 Å². The van der Waals surface area contributed by atoms with Crippen LogP contribution in [0.5, 0.6) is 0 Å². The molecule has 0 aliphatic rings. The lowest BCUT2D eigenvalue weighted by molar-refractivity contribution is -0.569. The van der Waals surface area contributed by atoms with E-state index in [0.29, 0.717) is 0 Å². The number of hydrogen-bond donors (Lipinski definition) is 0. The van der Waals surface area contributed by atoms with Crippen LogP contribution in [-0.4, -0.2) is 49.7 Å². The Labute approximate surface area is 115 Å². The molecule has 0 heterocycles. The third kappa shape index (κ3) is 3.43. The van der Waals surface area contributed by atoms with Gasteiger partial charge in [-0.3, -0.25) is 24.5 Å². The van der Waals surface area contributed by atoms with Gasteiger partial charge in [0.05, 0.1) is 21.3 Å². The second kappa shape index (κ2) is 6.83. The number of methoxy groups -OCH3 is 3. The Kier molecular flexibility index (Phi) is 6.08. The SMILES string of the molecule is COC(=O)C(C(=O)OC)C(C(=O)OC)C(C)(C)[N+](=O)[O-]. The van der Waals surface area contributed by atoms with Crippen molar-refractivity contribution in [3.05, 3.63) is 10.1 Å². The maximum Gasteiger partial charge on any atom is 0.321 e. The van der Waals surface area contributed by atoms with E-state index in [2.05, 4.69) is 14.2 Å². The fourth-order valence-electron chi connectivity index (χ4n) is 1.70. The summed E-state index contributed by atoms with van der Waals surface area (Å²) in [6.45, 7) is 2.21. The third-order valence-electron chi connectivity index (χ3n) is 2.93. The Morgan fingerprint density at radius 2 is 1.30 bits per heavy atom. The molecule has 1 atom stereocenters. The number of nitro groups is 1. The number of carbonyl (C=O) groups excluding carboxylic acids is 3. The summed E-state index contributed by atoms with van der Waals surface area (Å²) in [6, 6.07) is 0. The summed E-state index contributed by atoms with van der Waals surface area (Å²) >= 11 is 0. The van der Waals surface area contributed by atoms with Gasteiger partial charge >= 0.3 is 17.9 Å². The van der Waals surface area contributed by atoms with Crippen molar-refractivity contribution in [2.75, 3.05) is 21.3 Å². The van der Waals surface area contributed by atoms with Crippen LogP contribution in [0.2, 0.25) is 0 Å². The Balaban J connectivity index is 5.92. The van der Waals surface area contributed by atoms with Crippen LogP contribution in [0.15, 0.2) is 0 Å². The highest BCUT2D eigenvalue weighted by Crippen LogP contribution is 2.31. The van der Waals surface area contributed by atoms with E-state index in [9.17, 15) is 24.5 Å². The quantitative estimate of drug-likeness (QED) is 0.217. The standard InChI is InChI=1S/C11H17NO8/c1-11(2,12(16)17)7(10(15)20-5)6(8(13)18-3)9(14)19-4/h6-7H,1-5H3. The Morgan fingerprint density at radius 1 is 0.950 bits per heavy atom. The Bertz CT molecular complexity index is 401. The van der Waals surface area contributed by atoms with E-state index in [1.807, 2.05) is 0 Å². The van der Waals surface area contributed by atoms with Crippen LogP contribution < -0.4 is 0 Å². The number of hydrogen-bond acceptors (Lipinski definition) is 8. The largest absolute Gasteiger partial charge is 0.469 e. The molecule has 0 fully saturated rings. The molecule has 9 nitrogen and oxygen atoms in total. The first-order valence-corrected chi connectivity index (χ1v) is 5.53. The molecule has 0 aromatic heterocycles. The second-order valence-electron chi connectivity index (χ2n) is 4.44. The summed E-state index contributed by atoms with van der Waals surface area (Å²) in [5.74, 6) is -6.75. The first-order valence-electron chi connectivity index (χ1n) is 5.53. The molecule has 9 heteroatoms. The topological polar surface area (TPSA) is 122 Å². The molecule has 0 bridgehead atoms. The predicted molar refractivity (Wildman–Crippen MR) is 64.1 cm³/mol. The van der Waals surface area contributed by atoms with Crippen LogP contribution >= 0.6 is 0 Å². The van der Waals surface area contributed by atoms with E-state index in [1.54, 1.807) is 0 Å². The molecule has 0 radical (unpaired) electrons. The number of rotatable bonds is 6. The Morgan fingerprint density at radius 3 is 1.55 bits per heavy atom. The third-order valence-corrected chi connectivity index (χ3v) is 2.93. The normalized spacial score (nSPS) is 12.5. The fourth-order valence-corrected chi connectivity index (χ4v) is 1.70. The van der Waals surface area contributed by atoms with Gasteiger partial charge in [-0.2, -0.15) is 0 Å². The fraction of sp³-hybridized carbons (Fsp3) is 0.727. The second-order valence-corrected chi connectivity index (χ2v) is 4.44. The average molecular weight is 291 g/mol. The molecule has 20 heavy (non-hydrogen) atoms. The molecule has 0 aromatic carbocycles.